The Kier molecular flexibility index (Phi) is 9.53. The van der Waals surface area contributed by atoms with Gasteiger partial charge in [0.2, 0.25) is 40.7 Å². The molecule has 1 heterocycles. The summed E-state index contributed by atoms with van der Waals surface area (Å²) >= 11 is 0.718. The van der Waals surface area contributed by atoms with E-state index in [0.717, 1.165) is 17.4 Å². The van der Waals surface area contributed by atoms with Gasteiger partial charge in [0.1, 0.15) is 16.7 Å². The maximum atomic E-state index is 16.1. The molecule has 4 aromatic rings. The quantitative estimate of drug-likeness (QED) is 0.0467. The number of hydrogen-bond donors (Lipinski definition) is 1. The standard InChI is InChI=1S/C28H22F6NO6PS/c1-13(2)39-27(36)14(3)35-42(38,41-17-7-5-4-6-8-17)26(34)15-9-10-18-16(11-15)12-19(43-18)28(37)40-25-23(32)21(30)20(29)22(31)24(25)33/h4-14,26H,1-3H3,(H,35,38)/t14-,26?,42?/m0/s1. The number of rotatable bonds is 10. The van der Waals surface area contributed by atoms with Gasteiger partial charge in [-0.3, -0.25) is 9.36 Å². The third-order valence-electron chi connectivity index (χ3n) is 5.74. The summed E-state index contributed by atoms with van der Waals surface area (Å²) in [6.45, 7) is 4.53. The van der Waals surface area contributed by atoms with Crippen LogP contribution in [0.3, 0.4) is 0 Å². The lowest BCUT2D eigenvalue weighted by atomic mass is 10.2. The first-order valence-electron chi connectivity index (χ1n) is 12.5. The first kappa shape index (κ1) is 32.1. The first-order valence-corrected chi connectivity index (χ1v) is 15.0. The van der Waals surface area contributed by atoms with Crippen LogP contribution < -0.4 is 14.3 Å². The van der Waals surface area contributed by atoms with Crippen LogP contribution in [0.4, 0.5) is 26.3 Å². The van der Waals surface area contributed by atoms with Crippen molar-refractivity contribution in [3.05, 3.63) is 94.1 Å². The molecule has 0 amide bonds. The predicted molar refractivity (Wildman–Crippen MR) is 145 cm³/mol. The first-order chi connectivity index (χ1) is 20.2. The van der Waals surface area contributed by atoms with Crippen molar-refractivity contribution in [2.45, 2.75) is 38.8 Å². The van der Waals surface area contributed by atoms with E-state index in [1.165, 1.54) is 37.3 Å². The SMILES string of the molecule is CC(C)OC(=O)[C@H](C)NP(=O)(Oc1ccccc1)C(F)c1ccc2sc(C(=O)Oc3c(F)c(F)c(F)c(F)c3F)cc2c1. The number of thiophene rings is 1. The number of carbonyl (C=O) groups excluding carboxylic acids is 2. The molecule has 3 atom stereocenters. The van der Waals surface area contributed by atoms with Crippen molar-refractivity contribution in [3.8, 4) is 11.5 Å². The van der Waals surface area contributed by atoms with E-state index >= 15 is 4.39 Å². The maximum Gasteiger partial charge on any atom is 0.355 e. The Morgan fingerprint density at radius 2 is 1.47 bits per heavy atom. The lowest BCUT2D eigenvalue weighted by Gasteiger charge is -2.26. The van der Waals surface area contributed by atoms with Crippen molar-refractivity contribution in [2.75, 3.05) is 0 Å². The van der Waals surface area contributed by atoms with Crippen molar-refractivity contribution in [3.63, 3.8) is 0 Å². The second kappa shape index (κ2) is 12.8. The number of para-hydroxylation sites is 1. The molecular weight excluding hydrogens is 623 g/mol. The molecule has 0 spiro atoms. The Hall–Kier alpha value is -3.87. The molecule has 0 aliphatic heterocycles. The molecule has 43 heavy (non-hydrogen) atoms. The molecule has 7 nitrogen and oxygen atoms in total. The summed E-state index contributed by atoms with van der Waals surface area (Å²) in [5, 5.41) is 2.61. The van der Waals surface area contributed by atoms with E-state index in [9.17, 15) is 36.1 Å². The van der Waals surface area contributed by atoms with Crippen molar-refractivity contribution in [2.24, 2.45) is 0 Å². The number of carbonyl (C=O) groups is 2. The summed E-state index contributed by atoms with van der Waals surface area (Å²) < 4.78 is 114. The zero-order chi connectivity index (χ0) is 31.6. The molecule has 15 heteroatoms. The Balaban J connectivity index is 1.64. The van der Waals surface area contributed by atoms with Crippen LogP contribution in [0.25, 0.3) is 10.1 Å². The molecule has 0 aliphatic carbocycles. The lowest BCUT2D eigenvalue weighted by Crippen LogP contribution is -2.36. The fraction of sp³-hybridized carbons (Fsp3) is 0.214. The average molecular weight is 646 g/mol. The molecule has 0 fully saturated rings. The van der Waals surface area contributed by atoms with Gasteiger partial charge in [-0.1, -0.05) is 24.3 Å². The molecule has 4 rings (SSSR count). The number of halogens is 6. The van der Waals surface area contributed by atoms with Gasteiger partial charge in [-0.25, -0.2) is 27.4 Å². The van der Waals surface area contributed by atoms with Gasteiger partial charge >= 0.3 is 19.5 Å². The summed E-state index contributed by atoms with van der Waals surface area (Å²) in [5.41, 5.74) is -0.193. The summed E-state index contributed by atoms with van der Waals surface area (Å²) in [5.74, 6) is -18.0. The van der Waals surface area contributed by atoms with Crippen LogP contribution in [0.1, 0.15) is 41.9 Å². The number of hydrogen-bond acceptors (Lipinski definition) is 7. The Labute approximate surface area is 244 Å². The molecule has 2 unspecified atom stereocenters. The minimum Gasteiger partial charge on any atom is -0.462 e. The Morgan fingerprint density at radius 3 is 2.07 bits per heavy atom. The molecule has 0 bridgehead atoms. The third kappa shape index (κ3) is 6.87. The molecule has 3 aromatic carbocycles. The van der Waals surface area contributed by atoms with Crippen LogP contribution in [-0.2, 0) is 14.1 Å². The number of fused-ring (bicyclic) bond motifs is 1. The summed E-state index contributed by atoms with van der Waals surface area (Å²) in [6.07, 6.45) is -0.497. The predicted octanol–water partition coefficient (Wildman–Crippen LogP) is 7.99. The zero-order valence-electron chi connectivity index (χ0n) is 22.5. The number of alkyl halides is 1. The highest BCUT2D eigenvalue weighted by Gasteiger charge is 2.41. The van der Waals surface area contributed by atoms with Crippen LogP contribution in [-0.4, -0.2) is 24.1 Å². The fourth-order valence-corrected chi connectivity index (χ4v) is 6.59. The molecule has 0 aliphatic rings. The highest BCUT2D eigenvalue weighted by molar-refractivity contribution is 7.57. The largest absolute Gasteiger partial charge is 0.462 e. The fourth-order valence-electron chi connectivity index (χ4n) is 3.76. The van der Waals surface area contributed by atoms with Crippen LogP contribution >= 0.6 is 18.9 Å². The normalized spacial score (nSPS) is 14.3. The van der Waals surface area contributed by atoms with Gasteiger partial charge < -0.3 is 14.0 Å². The number of nitrogens with one attached hydrogen (secondary N) is 1. The summed E-state index contributed by atoms with van der Waals surface area (Å²) in [6, 6.07) is 11.3. The van der Waals surface area contributed by atoms with E-state index in [1.54, 1.807) is 32.0 Å². The van der Waals surface area contributed by atoms with Crippen molar-refractivity contribution in [1.82, 2.24) is 5.09 Å². The van der Waals surface area contributed by atoms with Crippen molar-refractivity contribution >= 4 is 40.9 Å². The van der Waals surface area contributed by atoms with Gasteiger partial charge in [0.25, 0.3) is 0 Å². The maximum absolute atomic E-state index is 16.1. The number of esters is 2. The number of ether oxygens (including phenoxy) is 2. The van der Waals surface area contributed by atoms with Crippen LogP contribution in [0, 0.1) is 29.1 Å². The monoisotopic (exact) mass is 645 g/mol. The molecule has 0 saturated carbocycles. The van der Waals surface area contributed by atoms with E-state index in [2.05, 4.69) is 9.82 Å². The van der Waals surface area contributed by atoms with Gasteiger partial charge in [-0.15, -0.1) is 11.3 Å². The van der Waals surface area contributed by atoms with Gasteiger partial charge in [-0.2, -0.15) is 8.78 Å². The van der Waals surface area contributed by atoms with Crippen LogP contribution in [0.5, 0.6) is 11.5 Å². The van der Waals surface area contributed by atoms with E-state index in [-0.39, 0.29) is 21.6 Å². The van der Waals surface area contributed by atoms with Crippen LogP contribution in [0.15, 0.2) is 54.6 Å². The lowest BCUT2D eigenvalue weighted by molar-refractivity contribution is -0.149. The van der Waals surface area contributed by atoms with Gasteiger partial charge in [-0.05, 0) is 62.1 Å². The second-order valence-corrected chi connectivity index (χ2v) is 12.5. The molecule has 0 saturated heterocycles. The minimum atomic E-state index is -4.56. The summed E-state index contributed by atoms with van der Waals surface area (Å²) in [4.78, 5) is 24.6. The van der Waals surface area contributed by atoms with Crippen molar-refractivity contribution < 1.29 is 54.5 Å². The van der Waals surface area contributed by atoms with Crippen LogP contribution in [0.2, 0.25) is 0 Å². The number of benzene rings is 3. The highest BCUT2D eigenvalue weighted by Crippen LogP contribution is 2.58. The molecule has 1 aromatic heterocycles. The third-order valence-corrected chi connectivity index (χ3v) is 8.96. The van der Waals surface area contributed by atoms with E-state index in [1.807, 2.05) is 0 Å². The molecular formula is C28H22F6NO6PS. The Morgan fingerprint density at radius 1 is 0.860 bits per heavy atom. The van der Waals surface area contributed by atoms with E-state index in [4.69, 9.17) is 9.26 Å². The zero-order valence-corrected chi connectivity index (χ0v) is 24.2. The summed E-state index contributed by atoms with van der Waals surface area (Å²) in [7, 11) is -4.56. The molecule has 228 valence electrons. The average Bonchev–Trinajstić information content (AvgIpc) is 3.40. The topological polar surface area (TPSA) is 90.9 Å². The minimum absolute atomic E-state index is 0.0418. The molecule has 0 radical (unpaired) electrons. The smallest absolute Gasteiger partial charge is 0.355 e. The second-order valence-electron chi connectivity index (χ2n) is 9.37. The van der Waals surface area contributed by atoms with E-state index in [0.29, 0.717) is 4.70 Å². The van der Waals surface area contributed by atoms with Gasteiger partial charge in [0.15, 0.2) is 0 Å². The van der Waals surface area contributed by atoms with Gasteiger partial charge in [0, 0.05) is 4.70 Å². The Bertz CT molecular complexity index is 1700. The van der Waals surface area contributed by atoms with Gasteiger partial charge in [0.05, 0.1) is 6.10 Å². The van der Waals surface area contributed by atoms with E-state index < -0.39 is 72.4 Å². The van der Waals surface area contributed by atoms with Crippen molar-refractivity contribution in [1.29, 1.82) is 0 Å². The molecule has 1 N–H and O–H groups in total. The highest BCUT2D eigenvalue weighted by atomic mass is 32.1.